The first kappa shape index (κ1) is 18.6. The first-order chi connectivity index (χ1) is 13.2. The van der Waals surface area contributed by atoms with Gasteiger partial charge in [-0.2, -0.15) is 11.3 Å². The summed E-state index contributed by atoms with van der Waals surface area (Å²) in [6, 6.07) is 5.00. The number of rotatable bonds is 8. The van der Waals surface area contributed by atoms with Crippen LogP contribution in [0.25, 0.3) is 0 Å². The van der Waals surface area contributed by atoms with Gasteiger partial charge in [-0.3, -0.25) is 4.79 Å². The lowest BCUT2D eigenvalue weighted by Crippen LogP contribution is -2.20. The average Bonchev–Trinajstić information content (AvgIpc) is 3.39. The van der Waals surface area contributed by atoms with Crippen molar-refractivity contribution in [3.8, 4) is 17.2 Å². The number of benzene rings is 1. The van der Waals surface area contributed by atoms with E-state index in [-0.39, 0.29) is 18.4 Å². The van der Waals surface area contributed by atoms with Crippen molar-refractivity contribution in [2.45, 2.75) is 12.5 Å². The Morgan fingerprint density at radius 1 is 1.22 bits per heavy atom. The lowest BCUT2D eigenvalue weighted by molar-refractivity contribution is -0.116. The molecule has 0 fully saturated rings. The number of carbonyl (C=O) groups excluding carboxylic acids is 1. The molecule has 10 heteroatoms. The molecule has 0 saturated carbocycles. The van der Waals surface area contributed by atoms with Gasteiger partial charge < -0.3 is 19.5 Å². The number of tetrazole rings is 1. The SMILES string of the molecule is COc1cc(NC(=O)C[C@H](c2ccsc2)n2cnnn2)cc(OC)c1OC. The normalized spacial score (nSPS) is 11.7. The molecule has 1 amide bonds. The van der Waals surface area contributed by atoms with E-state index in [0.29, 0.717) is 22.9 Å². The Hall–Kier alpha value is -3.14. The highest BCUT2D eigenvalue weighted by atomic mass is 32.1. The molecule has 3 rings (SSSR count). The minimum atomic E-state index is -0.298. The fourth-order valence-corrected chi connectivity index (χ4v) is 3.39. The van der Waals surface area contributed by atoms with Crippen molar-refractivity contribution in [1.29, 1.82) is 0 Å². The lowest BCUT2D eigenvalue weighted by Gasteiger charge is -2.17. The fourth-order valence-electron chi connectivity index (χ4n) is 2.68. The molecule has 0 aliphatic carbocycles. The second-order valence-electron chi connectivity index (χ2n) is 5.53. The number of methoxy groups -OCH3 is 3. The monoisotopic (exact) mass is 389 g/mol. The lowest BCUT2D eigenvalue weighted by atomic mass is 10.1. The summed E-state index contributed by atoms with van der Waals surface area (Å²) in [7, 11) is 4.57. The molecule has 1 N–H and O–H groups in total. The number of nitrogens with one attached hydrogen (secondary N) is 1. The zero-order valence-electron chi connectivity index (χ0n) is 15.1. The van der Waals surface area contributed by atoms with Crippen LogP contribution in [0.15, 0.2) is 35.3 Å². The number of aromatic nitrogens is 4. The van der Waals surface area contributed by atoms with Crippen LogP contribution in [0.1, 0.15) is 18.0 Å². The summed E-state index contributed by atoms with van der Waals surface area (Å²) >= 11 is 1.55. The third-order valence-electron chi connectivity index (χ3n) is 3.94. The van der Waals surface area contributed by atoms with E-state index in [1.165, 1.54) is 27.7 Å². The van der Waals surface area contributed by atoms with Crippen LogP contribution < -0.4 is 19.5 Å². The van der Waals surface area contributed by atoms with Crippen LogP contribution >= 0.6 is 11.3 Å². The number of hydrogen-bond donors (Lipinski definition) is 1. The van der Waals surface area contributed by atoms with Gasteiger partial charge in [-0.15, -0.1) is 5.10 Å². The first-order valence-electron chi connectivity index (χ1n) is 8.00. The molecule has 0 radical (unpaired) electrons. The van der Waals surface area contributed by atoms with Gasteiger partial charge in [0.2, 0.25) is 11.7 Å². The molecule has 142 valence electrons. The molecule has 0 unspecified atom stereocenters. The maximum absolute atomic E-state index is 12.7. The molecular weight excluding hydrogens is 370 g/mol. The van der Waals surface area contributed by atoms with Gasteiger partial charge in [0.05, 0.1) is 33.8 Å². The van der Waals surface area contributed by atoms with Gasteiger partial charge in [-0.1, -0.05) is 0 Å². The quantitative estimate of drug-likeness (QED) is 0.631. The van der Waals surface area contributed by atoms with Crippen molar-refractivity contribution >= 4 is 22.9 Å². The Labute approximate surface area is 159 Å². The minimum absolute atomic E-state index is 0.165. The van der Waals surface area contributed by atoms with E-state index < -0.39 is 0 Å². The minimum Gasteiger partial charge on any atom is -0.493 e. The van der Waals surface area contributed by atoms with Gasteiger partial charge in [0.25, 0.3) is 0 Å². The van der Waals surface area contributed by atoms with Crippen LogP contribution in [-0.4, -0.2) is 47.4 Å². The second kappa shape index (κ2) is 8.49. The molecule has 2 heterocycles. The molecule has 0 bridgehead atoms. The number of thiophene rings is 1. The highest BCUT2D eigenvalue weighted by Gasteiger charge is 2.21. The summed E-state index contributed by atoms with van der Waals surface area (Å²) in [6.07, 6.45) is 1.66. The Balaban J connectivity index is 1.80. The largest absolute Gasteiger partial charge is 0.493 e. The summed E-state index contributed by atoms with van der Waals surface area (Å²) in [6.45, 7) is 0. The summed E-state index contributed by atoms with van der Waals surface area (Å²) in [5, 5.41) is 18.0. The Kier molecular flexibility index (Phi) is 5.87. The highest BCUT2D eigenvalue weighted by molar-refractivity contribution is 7.08. The molecule has 27 heavy (non-hydrogen) atoms. The second-order valence-corrected chi connectivity index (χ2v) is 6.31. The summed E-state index contributed by atoms with van der Waals surface area (Å²) in [5.74, 6) is 1.18. The third kappa shape index (κ3) is 4.17. The molecule has 1 aromatic carbocycles. The molecule has 0 aliphatic rings. The van der Waals surface area contributed by atoms with Crippen LogP contribution in [-0.2, 0) is 4.79 Å². The fraction of sp³-hybridized carbons (Fsp3) is 0.294. The van der Waals surface area contributed by atoms with E-state index in [1.807, 2.05) is 16.8 Å². The van der Waals surface area contributed by atoms with E-state index in [2.05, 4.69) is 20.8 Å². The van der Waals surface area contributed by atoms with Crippen LogP contribution in [0.4, 0.5) is 5.69 Å². The zero-order chi connectivity index (χ0) is 19.2. The van der Waals surface area contributed by atoms with Crippen molar-refractivity contribution in [3.05, 3.63) is 40.8 Å². The van der Waals surface area contributed by atoms with E-state index in [4.69, 9.17) is 14.2 Å². The van der Waals surface area contributed by atoms with Crippen LogP contribution in [0.3, 0.4) is 0 Å². The van der Waals surface area contributed by atoms with E-state index in [0.717, 1.165) is 5.56 Å². The predicted octanol–water partition coefficient (Wildman–Crippen LogP) is 2.38. The Morgan fingerprint density at radius 3 is 2.48 bits per heavy atom. The van der Waals surface area contributed by atoms with Gasteiger partial charge in [-0.25, -0.2) is 4.68 Å². The summed E-state index contributed by atoms with van der Waals surface area (Å²) < 4.78 is 17.5. The molecule has 2 aromatic heterocycles. The molecule has 3 aromatic rings. The van der Waals surface area contributed by atoms with Gasteiger partial charge in [0.1, 0.15) is 6.33 Å². The van der Waals surface area contributed by atoms with Crippen LogP contribution in [0.2, 0.25) is 0 Å². The topological polar surface area (TPSA) is 100 Å². The smallest absolute Gasteiger partial charge is 0.226 e. The van der Waals surface area contributed by atoms with Gasteiger partial charge in [0.15, 0.2) is 11.5 Å². The van der Waals surface area contributed by atoms with Gasteiger partial charge >= 0.3 is 0 Å². The third-order valence-corrected chi connectivity index (χ3v) is 4.64. The van der Waals surface area contributed by atoms with Crippen molar-refractivity contribution in [2.75, 3.05) is 26.6 Å². The van der Waals surface area contributed by atoms with E-state index in [1.54, 1.807) is 28.2 Å². The molecule has 0 aliphatic heterocycles. The maximum Gasteiger partial charge on any atom is 0.226 e. The summed E-state index contributed by atoms with van der Waals surface area (Å²) in [4.78, 5) is 12.7. The van der Waals surface area contributed by atoms with Crippen molar-refractivity contribution < 1.29 is 19.0 Å². The number of ether oxygens (including phenoxy) is 3. The standard InChI is InChI=1S/C17H19N5O4S/c1-24-14-6-12(7-15(25-2)17(14)26-3)19-16(23)8-13(11-4-5-27-9-11)22-10-18-20-21-22/h4-7,9-10,13H,8H2,1-3H3,(H,19,23)/t13-/m1/s1. The van der Waals surface area contributed by atoms with Gasteiger partial charge in [-0.05, 0) is 32.8 Å². The van der Waals surface area contributed by atoms with Crippen molar-refractivity contribution in [1.82, 2.24) is 20.2 Å². The average molecular weight is 389 g/mol. The number of hydrogen-bond acceptors (Lipinski definition) is 8. The maximum atomic E-state index is 12.7. The zero-order valence-corrected chi connectivity index (χ0v) is 15.9. The number of carbonyl (C=O) groups is 1. The van der Waals surface area contributed by atoms with E-state index in [9.17, 15) is 4.79 Å². The molecule has 0 spiro atoms. The Morgan fingerprint density at radius 2 is 1.96 bits per heavy atom. The highest BCUT2D eigenvalue weighted by Crippen LogP contribution is 2.40. The number of amides is 1. The number of nitrogens with zero attached hydrogens (tertiary/aromatic N) is 4. The predicted molar refractivity (Wildman–Crippen MR) is 99.6 cm³/mol. The number of anilines is 1. The van der Waals surface area contributed by atoms with Crippen LogP contribution in [0, 0.1) is 0 Å². The first-order valence-corrected chi connectivity index (χ1v) is 8.95. The molecule has 9 nitrogen and oxygen atoms in total. The van der Waals surface area contributed by atoms with Crippen LogP contribution in [0.5, 0.6) is 17.2 Å². The Bertz CT molecular complexity index is 824. The molecular formula is C17H19N5O4S. The molecule has 0 saturated heterocycles. The molecule has 1 atom stereocenters. The summed E-state index contributed by atoms with van der Waals surface area (Å²) in [5.41, 5.74) is 1.50. The van der Waals surface area contributed by atoms with E-state index >= 15 is 0 Å². The van der Waals surface area contributed by atoms with Gasteiger partial charge in [0, 0.05) is 17.8 Å². The van der Waals surface area contributed by atoms with Crippen molar-refractivity contribution in [3.63, 3.8) is 0 Å². The van der Waals surface area contributed by atoms with Crippen molar-refractivity contribution in [2.24, 2.45) is 0 Å².